The number of amides is 10. The van der Waals surface area contributed by atoms with Crippen LogP contribution in [-0.2, 0) is 59.2 Å². The van der Waals surface area contributed by atoms with E-state index in [0.717, 1.165) is 0 Å². The number of carboxylic acids is 1. The SMILES string of the molecule is CC(C)C[C@H](NC(=O)CN)C(=O)N[C@@H](Cc1ccc(O)cc1)C(=O)N[C@@H](CCC(N)=O)C(=O)NCC(=O)N[C@@H](CS)C(=O)N[C@@H](CCC(N)=O)C(=O)N[C@H](C(=O)N[C@H](C(=O)O)C(C)C)C(C)C. The molecule has 0 spiro atoms. The van der Waals surface area contributed by atoms with Gasteiger partial charge in [-0.15, -0.1) is 0 Å². The molecule has 67 heavy (non-hydrogen) atoms. The van der Waals surface area contributed by atoms with Crippen LogP contribution in [0.2, 0.25) is 0 Å². The fraction of sp³-hybridized carbons (Fsp3) is 0.595. The van der Waals surface area contributed by atoms with Gasteiger partial charge in [0.1, 0.15) is 48.0 Å². The van der Waals surface area contributed by atoms with Crippen molar-refractivity contribution in [2.75, 3.05) is 18.8 Å². The maximum Gasteiger partial charge on any atom is 0.326 e. The second kappa shape index (κ2) is 29.2. The lowest BCUT2D eigenvalue weighted by atomic mass is 9.99. The summed E-state index contributed by atoms with van der Waals surface area (Å²) in [5.41, 5.74) is 16.5. The molecule has 7 atom stereocenters. The Bertz CT molecular complexity index is 1920. The van der Waals surface area contributed by atoms with Crippen LogP contribution in [0, 0.1) is 17.8 Å². The van der Waals surface area contributed by atoms with E-state index in [1.54, 1.807) is 41.5 Å². The van der Waals surface area contributed by atoms with Crippen LogP contribution in [0.3, 0.4) is 0 Å². The monoisotopic (exact) mass is 965 g/mol. The Morgan fingerprint density at radius 2 is 1.01 bits per heavy atom. The van der Waals surface area contributed by atoms with Crippen molar-refractivity contribution in [3.63, 3.8) is 0 Å². The van der Waals surface area contributed by atoms with Gasteiger partial charge in [0.25, 0.3) is 0 Å². The molecule has 0 fully saturated rings. The van der Waals surface area contributed by atoms with E-state index in [9.17, 15) is 63.0 Å². The Morgan fingerprint density at radius 1 is 0.567 bits per heavy atom. The number of carbonyl (C=O) groups is 11. The molecule has 25 heteroatoms. The van der Waals surface area contributed by atoms with Crippen molar-refractivity contribution in [3.05, 3.63) is 29.8 Å². The third kappa shape index (κ3) is 22.0. The van der Waals surface area contributed by atoms with Gasteiger partial charge in [-0.1, -0.05) is 53.7 Å². The third-order valence-electron chi connectivity index (χ3n) is 9.91. The van der Waals surface area contributed by atoms with Crippen LogP contribution in [-0.4, -0.2) is 136 Å². The summed E-state index contributed by atoms with van der Waals surface area (Å²) in [5.74, 6) is -11.5. The first-order valence-corrected chi connectivity index (χ1v) is 22.2. The van der Waals surface area contributed by atoms with Crippen LogP contribution in [0.5, 0.6) is 5.75 Å². The number of thiol groups is 1. The topological polar surface area (TPSA) is 403 Å². The molecule has 0 aromatic heterocycles. The van der Waals surface area contributed by atoms with Crippen molar-refractivity contribution < 1.29 is 63.0 Å². The molecule has 0 bridgehead atoms. The van der Waals surface area contributed by atoms with E-state index < -0.39 is 145 Å². The van der Waals surface area contributed by atoms with Crippen molar-refractivity contribution in [1.82, 2.24) is 42.5 Å². The van der Waals surface area contributed by atoms with E-state index in [1.165, 1.54) is 24.3 Å². The van der Waals surface area contributed by atoms with Gasteiger partial charge in [0.05, 0.1) is 13.1 Å². The predicted octanol–water partition coefficient (Wildman–Crippen LogP) is -3.69. The second-order valence-corrected chi connectivity index (χ2v) is 17.2. The van der Waals surface area contributed by atoms with Crippen molar-refractivity contribution in [3.8, 4) is 5.75 Å². The zero-order chi connectivity index (χ0) is 51.1. The summed E-state index contributed by atoms with van der Waals surface area (Å²) in [7, 11) is 0. The lowest BCUT2D eigenvalue weighted by Gasteiger charge is -2.28. The molecule has 0 heterocycles. The number of nitrogens with two attached hydrogens (primary N) is 3. The summed E-state index contributed by atoms with van der Waals surface area (Å²) in [6.45, 7) is 8.73. The summed E-state index contributed by atoms with van der Waals surface area (Å²) >= 11 is 4.12. The van der Waals surface area contributed by atoms with Crippen molar-refractivity contribution in [1.29, 1.82) is 0 Å². The van der Waals surface area contributed by atoms with E-state index in [0.29, 0.717) is 5.56 Å². The molecule has 24 nitrogen and oxygen atoms in total. The minimum atomic E-state index is -1.51. The number of hydrogen-bond acceptors (Lipinski definition) is 14. The maximum atomic E-state index is 13.9. The van der Waals surface area contributed by atoms with Crippen LogP contribution in [0.25, 0.3) is 0 Å². The first kappa shape index (κ1) is 58.5. The van der Waals surface area contributed by atoms with Gasteiger partial charge in [-0.2, -0.15) is 12.6 Å². The largest absolute Gasteiger partial charge is 0.508 e. The number of hydrogen-bond donors (Lipinski definition) is 14. The quantitative estimate of drug-likeness (QED) is 0.0330. The van der Waals surface area contributed by atoms with E-state index in [1.807, 2.05) is 0 Å². The summed E-state index contributed by atoms with van der Waals surface area (Å²) in [5, 5.41) is 38.8. The summed E-state index contributed by atoms with van der Waals surface area (Å²) in [4.78, 5) is 141. The minimum absolute atomic E-state index is 0.0739. The van der Waals surface area contributed by atoms with Crippen LogP contribution in [0.15, 0.2) is 24.3 Å². The molecule has 1 aromatic rings. The van der Waals surface area contributed by atoms with Gasteiger partial charge < -0.3 is 69.9 Å². The smallest absolute Gasteiger partial charge is 0.326 e. The molecular weight excluding hydrogens is 899 g/mol. The normalized spacial score (nSPS) is 14.2. The number of aromatic hydroxyl groups is 1. The molecule has 0 saturated carbocycles. The molecule has 0 unspecified atom stereocenters. The number of rotatable bonds is 30. The zero-order valence-electron chi connectivity index (χ0n) is 38.5. The van der Waals surface area contributed by atoms with E-state index in [4.69, 9.17) is 17.2 Å². The van der Waals surface area contributed by atoms with E-state index >= 15 is 0 Å². The van der Waals surface area contributed by atoms with Gasteiger partial charge in [-0.3, -0.25) is 47.9 Å². The maximum absolute atomic E-state index is 13.9. The van der Waals surface area contributed by atoms with Gasteiger partial charge in [0, 0.05) is 25.0 Å². The molecule has 1 aromatic carbocycles. The summed E-state index contributed by atoms with van der Waals surface area (Å²) in [6, 6.07) is -3.81. The number of nitrogens with one attached hydrogen (secondary N) is 8. The average Bonchev–Trinajstić information content (AvgIpc) is 3.24. The number of phenols is 1. The first-order valence-electron chi connectivity index (χ1n) is 21.6. The Morgan fingerprint density at radius 3 is 1.48 bits per heavy atom. The Balaban J connectivity index is 3.24. The Kier molecular flexibility index (Phi) is 25.5. The van der Waals surface area contributed by atoms with Crippen LogP contribution in [0.1, 0.15) is 79.2 Å². The highest BCUT2D eigenvalue weighted by Gasteiger charge is 2.34. The molecule has 0 aliphatic carbocycles. The summed E-state index contributed by atoms with van der Waals surface area (Å²) < 4.78 is 0. The predicted molar refractivity (Wildman–Crippen MR) is 245 cm³/mol. The fourth-order valence-electron chi connectivity index (χ4n) is 6.24. The first-order chi connectivity index (χ1) is 31.3. The summed E-state index contributed by atoms with van der Waals surface area (Å²) in [6.07, 6.45) is -1.48. The van der Waals surface area contributed by atoms with E-state index in [2.05, 4.69) is 55.2 Å². The van der Waals surface area contributed by atoms with Crippen molar-refractivity contribution in [2.24, 2.45) is 35.0 Å². The Hall–Kier alpha value is -6.50. The van der Waals surface area contributed by atoms with Gasteiger partial charge >= 0.3 is 5.97 Å². The fourth-order valence-corrected chi connectivity index (χ4v) is 6.49. The minimum Gasteiger partial charge on any atom is -0.508 e. The van der Waals surface area contributed by atoms with Gasteiger partial charge in [0.2, 0.25) is 59.1 Å². The average molecular weight is 966 g/mol. The molecule has 374 valence electrons. The molecule has 1 rings (SSSR count). The Labute approximate surface area is 394 Å². The van der Waals surface area contributed by atoms with Gasteiger partial charge in [-0.05, 0) is 54.7 Å². The zero-order valence-corrected chi connectivity index (χ0v) is 39.4. The highest BCUT2D eigenvalue weighted by atomic mass is 32.1. The molecule has 0 aliphatic heterocycles. The van der Waals surface area contributed by atoms with Crippen molar-refractivity contribution >= 4 is 77.7 Å². The third-order valence-corrected chi connectivity index (χ3v) is 10.3. The second-order valence-electron chi connectivity index (χ2n) is 16.8. The van der Waals surface area contributed by atoms with Gasteiger partial charge in [0.15, 0.2) is 0 Å². The van der Waals surface area contributed by atoms with Crippen LogP contribution >= 0.6 is 12.6 Å². The van der Waals surface area contributed by atoms with Gasteiger partial charge in [-0.25, -0.2) is 4.79 Å². The molecular formula is C42H67N11O13S. The highest BCUT2D eigenvalue weighted by molar-refractivity contribution is 7.80. The van der Waals surface area contributed by atoms with E-state index in [-0.39, 0.29) is 43.1 Å². The number of carbonyl (C=O) groups excluding carboxylic acids is 10. The van der Waals surface area contributed by atoms with Crippen LogP contribution < -0.4 is 59.7 Å². The number of carboxylic acid groups (broad SMARTS) is 1. The molecule has 16 N–H and O–H groups in total. The highest BCUT2D eigenvalue weighted by Crippen LogP contribution is 2.14. The number of benzene rings is 1. The number of primary amides is 2. The molecule has 0 aliphatic rings. The standard InChI is InChI=1S/C42H67N11O13S/c1-20(2)15-27(47-32(57)17-43)38(61)51-28(16-23-7-9-24(54)10-8-23)39(62)49-25(11-13-30(44)55)36(59)46-18-33(58)48-29(19-67)40(63)50-26(12-14-31(45)56)37(60)52-34(21(3)4)41(64)53-35(22(5)6)42(65)66/h7-10,20-22,25-29,34-35,54,67H,11-19,43H2,1-6H3,(H2,44,55)(H2,45,56)(H,46,59)(H,47,57)(H,48,58)(H,49,62)(H,50,63)(H,51,61)(H,52,60)(H,53,64)(H,65,66)/t25-,26-,27-,28-,29-,34-,35-/m0/s1. The molecule has 0 saturated heterocycles. The lowest BCUT2D eigenvalue weighted by molar-refractivity contribution is -0.144. The molecule has 0 radical (unpaired) electrons. The number of aliphatic carboxylic acids is 1. The van der Waals surface area contributed by atoms with Crippen molar-refractivity contribution in [2.45, 2.75) is 122 Å². The van der Waals surface area contributed by atoms with Crippen LogP contribution in [0.4, 0.5) is 0 Å². The lowest BCUT2D eigenvalue weighted by Crippen LogP contribution is -2.60. The number of phenolic OH excluding ortho intramolecular Hbond substituents is 1. The molecule has 10 amide bonds.